The predicted molar refractivity (Wildman–Crippen MR) is 87.1 cm³/mol. The molecular weight excluding hydrogens is 294 g/mol. The Morgan fingerprint density at radius 3 is 2.91 bits per heavy atom. The number of nitrogens with two attached hydrogens (primary N) is 1. The van der Waals surface area contributed by atoms with Crippen LogP contribution in [-0.4, -0.2) is 51.6 Å². The number of hydrogen-bond donors (Lipinski definition) is 2. The number of anilines is 2. The predicted octanol–water partition coefficient (Wildman–Crippen LogP) is 1.13. The number of hydrogen-bond acceptors (Lipinski definition) is 6. The van der Waals surface area contributed by atoms with Crippen molar-refractivity contribution in [2.75, 3.05) is 31.3 Å². The van der Waals surface area contributed by atoms with Crippen molar-refractivity contribution in [2.45, 2.75) is 25.8 Å². The van der Waals surface area contributed by atoms with E-state index in [2.05, 4.69) is 25.1 Å². The molecule has 1 aliphatic heterocycles. The van der Waals surface area contributed by atoms with E-state index in [9.17, 15) is 4.79 Å². The molecule has 1 aliphatic rings. The van der Waals surface area contributed by atoms with Gasteiger partial charge in [0.25, 0.3) is 5.91 Å². The second kappa shape index (κ2) is 5.86. The molecule has 3 heterocycles. The summed E-state index contributed by atoms with van der Waals surface area (Å²) in [5.74, 6) is 0.995. The molecule has 8 heteroatoms. The number of carbonyl (C=O) groups is 1. The first-order chi connectivity index (χ1) is 11.0. The minimum atomic E-state index is -0.0565. The standard InChI is InChI=1S/C15H21N7O/c1-9-7-12(19-15(16)18-9)22-6-4-5-11(22)13-10(8-17-20-13)14(23)21(2)3/h7-8,11H,4-6H2,1-3H3,(H,17,20)(H2,16,18,19)/t11-/m0/s1. The highest BCUT2D eigenvalue weighted by Crippen LogP contribution is 2.36. The summed E-state index contributed by atoms with van der Waals surface area (Å²) < 4.78 is 0. The van der Waals surface area contributed by atoms with Crippen molar-refractivity contribution in [1.29, 1.82) is 0 Å². The molecule has 1 saturated heterocycles. The van der Waals surface area contributed by atoms with Gasteiger partial charge in [-0.2, -0.15) is 10.1 Å². The fourth-order valence-corrected chi connectivity index (χ4v) is 3.02. The van der Waals surface area contributed by atoms with Gasteiger partial charge >= 0.3 is 0 Å². The Kier molecular flexibility index (Phi) is 3.89. The van der Waals surface area contributed by atoms with Gasteiger partial charge < -0.3 is 15.5 Å². The van der Waals surface area contributed by atoms with E-state index in [1.807, 2.05) is 13.0 Å². The Labute approximate surface area is 134 Å². The molecule has 8 nitrogen and oxygen atoms in total. The van der Waals surface area contributed by atoms with Gasteiger partial charge in [-0.25, -0.2) is 4.98 Å². The lowest BCUT2D eigenvalue weighted by molar-refractivity contribution is 0.0826. The van der Waals surface area contributed by atoms with Crippen LogP contribution >= 0.6 is 0 Å². The highest BCUT2D eigenvalue weighted by Gasteiger charge is 2.32. The molecule has 3 N–H and O–H groups in total. The van der Waals surface area contributed by atoms with Crippen molar-refractivity contribution >= 4 is 17.7 Å². The Hall–Kier alpha value is -2.64. The van der Waals surface area contributed by atoms with Gasteiger partial charge in [0.05, 0.1) is 23.5 Å². The minimum Gasteiger partial charge on any atom is -0.368 e. The number of amides is 1. The third kappa shape index (κ3) is 2.84. The Bertz CT molecular complexity index is 704. The summed E-state index contributed by atoms with van der Waals surface area (Å²) in [5, 5.41) is 7.08. The van der Waals surface area contributed by atoms with Gasteiger partial charge in [-0.3, -0.25) is 9.89 Å². The number of aromatic amines is 1. The molecule has 0 spiro atoms. The molecule has 0 saturated carbocycles. The number of rotatable bonds is 3. The summed E-state index contributed by atoms with van der Waals surface area (Å²) in [6.45, 7) is 2.75. The number of nitrogens with one attached hydrogen (secondary N) is 1. The highest BCUT2D eigenvalue weighted by atomic mass is 16.2. The van der Waals surface area contributed by atoms with Crippen molar-refractivity contribution in [3.8, 4) is 0 Å². The highest BCUT2D eigenvalue weighted by molar-refractivity contribution is 5.95. The summed E-state index contributed by atoms with van der Waals surface area (Å²) in [6, 6.07) is 1.95. The van der Waals surface area contributed by atoms with Crippen LogP contribution in [0.5, 0.6) is 0 Å². The summed E-state index contributed by atoms with van der Waals surface area (Å²) >= 11 is 0. The smallest absolute Gasteiger partial charge is 0.256 e. The SMILES string of the molecule is Cc1cc(N2CCC[C@H]2c2[nH]ncc2C(=O)N(C)C)nc(N)n1. The average Bonchev–Trinajstić information content (AvgIpc) is 3.13. The molecule has 0 radical (unpaired) electrons. The largest absolute Gasteiger partial charge is 0.368 e. The van der Waals surface area contributed by atoms with E-state index in [4.69, 9.17) is 5.73 Å². The number of aromatic nitrogens is 4. The third-order valence-corrected chi connectivity index (χ3v) is 4.04. The average molecular weight is 315 g/mol. The van der Waals surface area contributed by atoms with E-state index in [-0.39, 0.29) is 17.9 Å². The lowest BCUT2D eigenvalue weighted by Crippen LogP contribution is -2.28. The first kappa shape index (κ1) is 15.3. The topological polar surface area (TPSA) is 104 Å². The second-order valence-electron chi connectivity index (χ2n) is 5.97. The lowest BCUT2D eigenvalue weighted by atomic mass is 10.1. The van der Waals surface area contributed by atoms with E-state index in [1.54, 1.807) is 25.2 Å². The first-order valence-electron chi connectivity index (χ1n) is 7.60. The number of H-pyrrole nitrogens is 1. The van der Waals surface area contributed by atoms with Crippen LogP contribution in [0.3, 0.4) is 0 Å². The van der Waals surface area contributed by atoms with Gasteiger partial charge in [-0.1, -0.05) is 0 Å². The molecule has 1 fully saturated rings. The molecule has 0 aliphatic carbocycles. The van der Waals surface area contributed by atoms with Crippen molar-refractivity contribution in [3.63, 3.8) is 0 Å². The number of nitrogen functional groups attached to an aromatic ring is 1. The number of carbonyl (C=O) groups excluding carboxylic acids is 1. The van der Waals surface area contributed by atoms with E-state index in [0.717, 1.165) is 36.6 Å². The Balaban J connectivity index is 1.97. The molecule has 0 aromatic carbocycles. The van der Waals surface area contributed by atoms with Crippen LogP contribution in [0.2, 0.25) is 0 Å². The second-order valence-corrected chi connectivity index (χ2v) is 5.97. The molecular formula is C15H21N7O. The maximum absolute atomic E-state index is 12.3. The molecule has 2 aromatic rings. The van der Waals surface area contributed by atoms with Crippen LogP contribution in [0.15, 0.2) is 12.3 Å². The van der Waals surface area contributed by atoms with Gasteiger partial charge in [-0.15, -0.1) is 0 Å². The van der Waals surface area contributed by atoms with Crippen LogP contribution in [0.1, 0.15) is 40.6 Å². The van der Waals surface area contributed by atoms with E-state index in [1.165, 1.54) is 0 Å². The number of aryl methyl sites for hydroxylation is 1. The molecule has 1 atom stereocenters. The summed E-state index contributed by atoms with van der Waals surface area (Å²) in [6.07, 6.45) is 3.54. The Morgan fingerprint density at radius 2 is 2.22 bits per heavy atom. The van der Waals surface area contributed by atoms with Gasteiger partial charge in [0, 0.05) is 32.4 Å². The molecule has 3 rings (SSSR count). The molecule has 122 valence electrons. The van der Waals surface area contributed by atoms with Gasteiger partial charge in [0.2, 0.25) is 5.95 Å². The molecule has 1 amide bonds. The molecule has 23 heavy (non-hydrogen) atoms. The summed E-state index contributed by atoms with van der Waals surface area (Å²) in [4.78, 5) is 24.5. The zero-order valence-corrected chi connectivity index (χ0v) is 13.6. The molecule has 0 unspecified atom stereocenters. The fourth-order valence-electron chi connectivity index (χ4n) is 3.02. The van der Waals surface area contributed by atoms with Gasteiger partial charge in [-0.05, 0) is 19.8 Å². The van der Waals surface area contributed by atoms with E-state index < -0.39 is 0 Å². The quantitative estimate of drug-likeness (QED) is 0.880. The van der Waals surface area contributed by atoms with Crippen LogP contribution in [0.4, 0.5) is 11.8 Å². The zero-order valence-electron chi connectivity index (χ0n) is 13.6. The molecule has 0 bridgehead atoms. The van der Waals surface area contributed by atoms with Crippen molar-refractivity contribution < 1.29 is 4.79 Å². The maximum Gasteiger partial charge on any atom is 0.256 e. The van der Waals surface area contributed by atoms with Crippen LogP contribution in [0, 0.1) is 6.92 Å². The van der Waals surface area contributed by atoms with Crippen LogP contribution in [0.25, 0.3) is 0 Å². The monoisotopic (exact) mass is 315 g/mol. The zero-order chi connectivity index (χ0) is 16.6. The fraction of sp³-hybridized carbons (Fsp3) is 0.467. The van der Waals surface area contributed by atoms with E-state index in [0.29, 0.717) is 5.56 Å². The van der Waals surface area contributed by atoms with Gasteiger partial charge in [0.15, 0.2) is 0 Å². The van der Waals surface area contributed by atoms with Crippen molar-refractivity contribution in [3.05, 3.63) is 29.2 Å². The maximum atomic E-state index is 12.3. The van der Waals surface area contributed by atoms with Crippen LogP contribution < -0.4 is 10.6 Å². The van der Waals surface area contributed by atoms with E-state index >= 15 is 0 Å². The Morgan fingerprint density at radius 1 is 1.43 bits per heavy atom. The summed E-state index contributed by atoms with van der Waals surface area (Å²) in [7, 11) is 3.47. The third-order valence-electron chi connectivity index (χ3n) is 4.04. The minimum absolute atomic E-state index is 0.0325. The molecule has 2 aromatic heterocycles. The van der Waals surface area contributed by atoms with Crippen LogP contribution in [-0.2, 0) is 0 Å². The van der Waals surface area contributed by atoms with Crippen molar-refractivity contribution in [1.82, 2.24) is 25.1 Å². The number of nitrogens with zero attached hydrogens (tertiary/aromatic N) is 5. The first-order valence-corrected chi connectivity index (χ1v) is 7.60. The van der Waals surface area contributed by atoms with Crippen molar-refractivity contribution in [2.24, 2.45) is 0 Å². The van der Waals surface area contributed by atoms with Gasteiger partial charge in [0.1, 0.15) is 5.82 Å². The summed E-state index contributed by atoms with van der Waals surface area (Å²) in [5.41, 5.74) is 8.04. The lowest BCUT2D eigenvalue weighted by Gasteiger charge is -2.26. The normalized spacial score (nSPS) is 17.5.